The molecule has 0 aliphatic heterocycles. The molecule has 1 aromatic carbocycles. The van der Waals surface area contributed by atoms with E-state index in [1.165, 1.54) is 5.56 Å². The van der Waals surface area contributed by atoms with Crippen molar-refractivity contribution >= 4 is 23.1 Å². The topological polar surface area (TPSA) is 68.0 Å². The first kappa shape index (κ1) is 17.1. The maximum absolute atomic E-state index is 6.25. The van der Waals surface area contributed by atoms with E-state index in [9.17, 15) is 0 Å². The summed E-state index contributed by atoms with van der Waals surface area (Å²) in [6.07, 6.45) is 10.3. The molecule has 2 unspecified atom stereocenters. The Labute approximate surface area is 167 Å². The average Bonchev–Trinajstić information content (AvgIpc) is 3.33. The van der Waals surface area contributed by atoms with Gasteiger partial charge in [0.15, 0.2) is 0 Å². The van der Waals surface area contributed by atoms with E-state index in [-0.39, 0.29) is 0 Å². The number of nitrogens with one attached hydrogen (secondary N) is 1. The molecule has 0 radical (unpaired) electrons. The van der Waals surface area contributed by atoms with E-state index in [0.29, 0.717) is 22.9 Å². The standard InChI is InChI=1S/C21H19ClN6/c22-16-4-1-3-15(11-16)20-19(18-7-10-23-13-28(18)27-20)14-5-6-17(12-14)26-21-24-8-2-9-25-21/h1-4,7-11,13-14,17H,5-6,12H2,(H,24,25,26). The van der Waals surface area contributed by atoms with E-state index in [2.05, 4.69) is 26.3 Å². The molecule has 0 amide bonds. The van der Waals surface area contributed by atoms with Gasteiger partial charge in [-0.2, -0.15) is 5.10 Å². The first-order valence-corrected chi connectivity index (χ1v) is 9.77. The Kier molecular flexibility index (Phi) is 4.41. The van der Waals surface area contributed by atoms with Crippen LogP contribution in [0.25, 0.3) is 16.8 Å². The van der Waals surface area contributed by atoms with E-state index in [0.717, 1.165) is 36.0 Å². The van der Waals surface area contributed by atoms with Crippen molar-refractivity contribution in [2.75, 3.05) is 5.32 Å². The second kappa shape index (κ2) is 7.20. The number of anilines is 1. The lowest BCUT2D eigenvalue weighted by Gasteiger charge is -2.14. The normalized spacial score (nSPS) is 19.2. The number of nitrogens with zero attached hydrogens (tertiary/aromatic N) is 5. The molecule has 1 saturated carbocycles. The predicted molar refractivity (Wildman–Crippen MR) is 109 cm³/mol. The summed E-state index contributed by atoms with van der Waals surface area (Å²) in [6.45, 7) is 0. The maximum atomic E-state index is 6.25. The SMILES string of the molecule is Clc1cccc(-c2nn3cnccc3c2C2CCC(Nc3ncccn3)C2)c1. The van der Waals surface area contributed by atoms with Crippen LogP contribution in [0.15, 0.2) is 61.3 Å². The Balaban J connectivity index is 1.51. The van der Waals surface area contributed by atoms with Gasteiger partial charge in [0.1, 0.15) is 6.33 Å². The molecule has 0 bridgehead atoms. The highest BCUT2D eigenvalue weighted by atomic mass is 35.5. The zero-order valence-electron chi connectivity index (χ0n) is 15.2. The lowest BCUT2D eigenvalue weighted by molar-refractivity contribution is 0.703. The lowest BCUT2D eigenvalue weighted by atomic mass is 9.93. The Morgan fingerprint density at radius 2 is 1.93 bits per heavy atom. The molecule has 28 heavy (non-hydrogen) atoms. The van der Waals surface area contributed by atoms with Crippen LogP contribution in [0.1, 0.15) is 30.7 Å². The van der Waals surface area contributed by atoms with Gasteiger partial charge >= 0.3 is 0 Å². The zero-order chi connectivity index (χ0) is 18.9. The third-order valence-electron chi connectivity index (χ3n) is 5.32. The van der Waals surface area contributed by atoms with Crippen LogP contribution in [-0.4, -0.2) is 30.6 Å². The molecule has 1 aliphatic rings. The van der Waals surface area contributed by atoms with Crippen LogP contribution in [0.3, 0.4) is 0 Å². The largest absolute Gasteiger partial charge is 0.351 e. The molecule has 3 aromatic heterocycles. The van der Waals surface area contributed by atoms with E-state index in [1.807, 2.05) is 41.0 Å². The molecule has 4 aromatic rings. The Morgan fingerprint density at radius 1 is 1.04 bits per heavy atom. The summed E-state index contributed by atoms with van der Waals surface area (Å²) in [4.78, 5) is 12.8. The lowest BCUT2D eigenvalue weighted by Crippen LogP contribution is -2.17. The minimum Gasteiger partial charge on any atom is -0.351 e. The van der Waals surface area contributed by atoms with E-state index >= 15 is 0 Å². The third kappa shape index (κ3) is 3.20. The summed E-state index contributed by atoms with van der Waals surface area (Å²) < 4.78 is 1.87. The highest BCUT2D eigenvalue weighted by Gasteiger charge is 2.31. The van der Waals surface area contributed by atoms with Crippen LogP contribution in [0.4, 0.5) is 5.95 Å². The summed E-state index contributed by atoms with van der Waals surface area (Å²) in [7, 11) is 0. The van der Waals surface area contributed by atoms with Crippen LogP contribution in [0, 0.1) is 0 Å². The number of benzene rings is 1. The van der Waals surface area contributed by atoms with Crippen LogP contribution in [-0.2, 0) is 0 Å². The fourth-order valence-corrected chi connectivity index (χ4v) is 4.30. The van der Waals surface area contributed by atoms with Gasteiger partial charge in [-0.15, -0.1) is 0 Å². The number of halogens is 1. The summed E-state index contributed by atoms with van der Waals surface area (Å²) in [5.41, 5.74) is 4.39. The van der Waals surface area contributed by atoms with Gasteiger partial charge in [-0.25, -0.2) is 19.5 Å². The second-order valence-electron chi connectivity index (χ2n) is 7.11. The number of hydrogen-bond donors (Lipinski definition) is 1. The zero-order valence-corrected chi connectivity index (χ0v) is 15.9. The van der Waals surface area contributed by atoms with Gasteiger partial charge in [-0.1, -0.05) is 23.7 Å². The first-order chi connectivity index (χ1) is 13.8. The van der Waals surface area contributed by atoms with E-state index in [4.69, 9.17) is 16.7 Å². The Hall–Kier alpha value is -2.99. The summed E-state index contributed by atoms with van der Waals surface area (Å²) in [6, 6.07) is 12.1. The smallest absolute Gasteiger partial charge is 0.222 e. The van der Waals surface area contributed by atoms with E-state index in [1.54, 1.807) is 18.7 Å². The van der Waals surface area contributed by atoms with Crippen molar-refractivity contribution in [3.63, 3.8) is 0 Å². The minimum atomic E-state index is 0.344. The molecular weight excluding hydrogens is 372 g/mol. The molecule has 1 aliphatic carbocycles. The highest BCUT2D eigenvalue weighted by Crippen LogP contribution is 2.42. The average molecular weight is 391 g/mol. The van der Waals surface area contributed by atoms with Gasteiger partial charge in [0.2, 0.25) is 5.95 Å². The molecule has 0 saturated heterocycles. The van der Waals surface area contributed by atoms with Gasteiger partial charge in [0.05, 0.1) is 11.2 Å². The third-order valence-corrected chi connectivity index (χ3v) is 5.55. The van der Waals surface area contributed by atoms with Gasteiger partial charge in [0.25, 0.3) is 0 Å². The molecule has 2 atom stereocenters. The molecule has 1 N–H and O–H groups in total. The van der Waals surface area contributed by atoms with Gasteiger partial charge in [-0.3, -0.25) is 0 Å². The molecule has 140 valence electrons. The van der Waals surface area contributed by atoms with Crippen LogP contribution < -0.4 is 5.32 Å². The number of rotatable bonds is 4. The predicted octanol–water partition coefficient (Wildman–Crippen LogP) is 4.59. The first-order valence-electron chi connectivity index (χ1n) is 9.39. The molecule has 6 nitrogen and oxygen atoms in total. The van der Waals surface area contributed by atoms with Crippen molar-refractivity contribution in [3.8, 4) is 11.3 Å². The number of hydrogen-bond acceptors (Lipinski definition) is 5. The van der Waals surface area contributed by atoms with Gasteiger partial charge in [-0.05, 0) is 49.4 Å². The van der Waals surface area contributed by atoms with E-state index < -0.39 is 0 Å². The van der Waals surface area contributed by atoms with Crippen molar-refractivity contribution < 1.29 is 0 Å². The van der Waals surface area contributed by atoms with Crippen molar-refractivity contribution in [1.29, 1.82) is 0 Å². The second-order valence-corrected chi connectivity index (χ2v) is 7.54. The molecule has 5 rings (SSSR count). The van der Waals surface area contributed by atoms with Crippen LogP contribution >= 0.6 is 11.6 Å². The molecular formula is C21H19ClN6. The highest BCUT2D eigenvalue weighted by molar-refractivity contribution is 6.30. The van der Waals surface area contributed by atoms with Crippen LogP contribution in [0.2, 0.25) is 5.02 Å². The number of aromatic nitrogens is 5. The fourth-order valence-electron chi connectivity index (χ4n) is 4.11. The minimum absolute atomic E-state index is 0.344. The Morgan fingerprint density at radius 3 is 2.79 bits per heavy atom. The van der Waals surface area contributed by atoms with Gasteiger partial charge in [0, 0.05) is 40.8 Å². The maximum Gasteiger partial charge on any atom is 0.222 e. The van der Waals surface area contributed by atoms with Crippen molar-refractivity contribution in [1.82, 2.24) is 24.6 Å². The summed E-state index contributed by atoms with van der Waals surface area (Å²) in [5, 5.41) is 9.01. The Bertz CT molecular complexity index is 1110. The van der Waals surface area contributed by atoms with Crippen molar-refractivity contribution in [2.24, 2.45) is 0 Å². The van der Waals surface area contributed by atoms with Crippen molar-refractivity contribution in [3.05, 3.63) is 71.9 Å². The van der Waals surface area contributed by atoms with Crippen LogP contribution in [0.5, 0.6) is 0 Å². The summed E-state index contributed by atoms with van der Waals surface area (Å²) >= 11 is 6.25. The fraction of sp³-hybridized carbons (Fsp3) is 0.238. The molecule has 7 heteroatoms. The summed E-state index contributed by atoms with van der Waals surface area (Å²) in [5.74, 6) is 1.09. The van der Waals surface area contributed by atoms with Crippen molar-refractivity contribution in [2.45, 2.75) is 31.2 Å². The quantitative estimate of drug-likeness (QED) is 0.552. The monoisotopic (exact) mass is 390 g/mol. The molecule has 1 fully saturated rings. The molecule has 3 heterocycles. The number of fused-ring (bicyclic) bond motifs is 1. The van der Waals surface area contributed by atoms with Gasteiger partial charge < -0.3 is 5.32 Å². The molecule has 0 spiro atoms.